The Morgan fingerprint density at radius 3 is 2.00 bits per heavy atom. The second-order valence-corrected chi connectivity index (χ2v) is 2.07. The SMILES string of the molecule is CNC1(F)CCC1.Cl. The highest BCUT2D eigenvalue weighted by Gasteiger charge is 2.34. The van der Waals surface area contributed by atoms with Gasteiger partial charge in [-0.1, -0.05) is 0 Å². The summed E-state index contributed by atoms with van der Waals surface area (Å²) in [6.45, 7) is 0. The van der Waals surface area contributed by atoms with Gasteiger partial charge in [-0.05, 0) is 26.3 Å². The molecular weight excluding hydrogens is 129 g/mol. The highest BCUT2D eigenvalue weighted by Crippen LogP contribution is 2.31. The second kappa shape index (κ2) is 2.65. The molecule has 0 amide bonds. The zero-order valence-corrected chi connectivity index (χ0v) is 5.72. The summed E-state index contributed by atoms with van der Waals surface area (Å²) in [5.74, 6) is -0.986. The van der Waals surface area contributed by atoms with Gasteiger partial charge in [-0.25, -0.2) is 4.39 Å². The van der Waals surface area contributed by atoms with E-state index in [0.29, 0.717) is 12.8 Å². The van der Waals surface area contributed by atoms with Crippen LogP contribution in [0.3, 0.4) is 0 Å². The molecule has 0 heterocycles. The van der Waals surface area contributed by atoms with Gasteiger partial charge in [0.2, 0.25) is 0 Å². The van der Waals surface area contributed by atoms with Gasteiger partial charge in [0.1, 0.15) is 0 Å². The maximum atomic E-state index is 12.5. The predicted molar refractivity (Wildman–Crippen MR) is 34.0 cm³/mol. The van der Waals surface area contributed by atoms with Crippen LogP contribution in [0, 0.1) is 0 Å². The molecule has 0 bridgehead atoms. The van der Waals surface area contributed by atoms with Crippen molar-refractivity contribution in [3.05, 3.63) is 0 Å². The van der Waals surface area contributed by atoms with Crippen LogP contribution in [-0.4, -0.2) is 12.8 Å². The van der Waals surface area contributed by atoms with Gasteiger partial charge in [0.15, 0.2) is 5.79 Å². The van der Waals surface area contributed by atoms with Crippen LogP contribution in [0.5, 0.6) is 0 Å². The summed E-state index contributed by atoms with van der Waals surface area (Å²) < 4.78 is 12.5. The van der Waals surface area contributed by atoms with Gasteiger partial charge in [-0.2, -0.15) is 0 Å². The topological polar surface area (TPSA) is 12.0 Å². The fourth-order valence-electron chi connectivity index (χ4n) is 0.737. The highest BCUT2D eigenvalue weighted by molar-refractivity contribution is 5.85. The summed E-state index contributed by atoms with van der Waals surface area (Å²) in [7, 11) is 1.67. The molecule has 0 aromatic heterocycles. The normalized spacial score (nSPS) is 23.2. The van der Waals surface area contributed by atoms with Crippen LogP contribution in [0.2, 0.25) is 0 Å². The van der Waals surface area contributed by atoms with E-state index in [1.54, 1.807) is 7.05 Å². The molecule has 0 saturated heterocycles. The monoisotopic (exact) mass is 139 g/mol. The highest BCUT2D eigenvalue weighted by atomic mass is 35.5. The first-order valence-corrected chi connectivity index (χ1v) is 2.65. The molecule has 1 rings (SSSR count). The van der Waals surface area contributed by atoms with Gasteiger partial charge in [-0.3, -0.25) is 5.32 Å². The van der Waals surface area contributed by atoms with Crippen LogP contribution >= 0.6 is 12.4 Å². The van der Waals surface area contributed by atoms with E-state index in [1.165, 1.54) is 0 Å². The van der Waals surface area contributed by atoms with Crippen molar-refractivity contribution in [3.63, 3.8) is 0 Å². The first kappa shape index (κ1) is 8.18. The quantitative estimate of drug-likeness (QED) is 0.543. The van der Waals surface area contributed by atoms with E-state index in [-0.39, 0.29) is 12.4 Å². The zero-order chi connectivity index (χ0) is 5.33. The van der Waals surface area contributed by atoms with E-state index in [2.05, 4.69) is 5.32 Å². The van der Waals surface area contributed by atoms with E-state index in [9.17, 15) is 4.39 Å². The lowest BCUT2D eigenvalue weighted by atomic mass is 9.90. The Balaban J connectivity index is 0.000000490. The maximum Gasteiger partial charge on any atom is 0.161 e. The summed E-state index contributed by atoms with van der Waals surface area (Å²) >= 11 is 0. The number of hydrogen-bond acceptors (Lipinski definition) is 1. The Kier molecular flexibility index (Phi) is 2.71. The molecule has 1 aliphatic rings. The van der Waals surface area contributed by atoms with Gasteiger partial charge in [0, 0.05) is 0 Å². The molecule has 0 aromatic carbocycles. The summed E-state index contributed by atoms with van der Waals surface area (Å²) in [5.41, 5.74) is 0. The van der Waals surface area contributed by atoms with Crippen molar-refractivity contribution in [1.82, 2.24) is 5.32 Å². The average molecular weight is 140 g/mol. The molecule has 1 saturated carbocycles. The lowest BCUT2D eigenvalue weighted by Gasteiger charge is -2.32. The van der Waals surface area contributed by atoms with Crippen LogP contribution in [0.4, 0.5) is 4.39 Å². The molecule has 1 aliphatic carbocycles. The third-order valence-electron chi connectivity index (χ3n) is 1.59. The van der Waals surface area contributed by atoms with Crippen LogP contribution in [-0.2, 0) is 0 Å². The van der Waals surface area contributed by atoms with E-state index < -0.39 is 5.79 Å². The molecule has 0 unspecified atom stereocenters. The summed E-state index contributed by atoms with van der Waals surface area (Å²) in [5, 5.41) is 2.61. The number of alkyl halides is 1. The Morgan fingerprint density at radius 1 is 1.50 bits per heavy atom. The molecule has 0 spiro atoms. The van der Waals surface area contributed by atoms with E-state index in [0.717, 1.165) is 6.42 Å². The van der Waals surface area contributed by atoms with Crippen molar-refractivity contribution >= 4 is 12.4 Å². The molecule has 0 aromatic rings. The molecule has 50 valence electrons. The Morgan fingerprint density at radius 2 is 2.00 bits per heavy atom. The van der Waals surface area contributed by atoms with Crippen molar-refractivity contribution in [1.29, 1.82) is 0 Å². The molecular formula is C5H11ClFN. The second-order valence-electron chi connectivity index (χ2n) is 2.07. The van der Waals surface area contributed by atoms with Crippen LogP contribution in [0.25, 0.3) is 0 Å². The summed E-state index contributed by atoms with van der Waals surface area (Å²) in [6.07, 6.45) is 2.43. The Labute approximate surface area is 55.1 Å². The molecule has 0 atom stereocenters. The standard InChI is InChI=1S/C5H10FN.ClH/c1-7-5(6)3-2-4-5;/h7H,2-4H2,1H3;1H. The van der Waals surface area contributed by atoms with Crippen molar-refractivity contribution in [3.8, 4) is 0 Å². The molecule has 3 heteroatoms. The van der Waals surface area contributed by atoms with Gasteiger partial charge < -0.3 is 0 Å². The van der Waals surface area contributed by atoms with Crippen molar-refractivity contribution in [2.24, 2.45) is 0 Å². The number of rotatable bonds is 1. The molecule has 0 aliphatic heterocycles. The fourth-order valence-corrected chi connectivity index (χ4v) is 0.737. The molecule has 1 nitrogen and oxygen atoms in total. The van der Waals surface area contributed by atoms with Crippen LogP contribution < -0.4 is 5.32 Å². The van der Waals surface area contributed by atoms with E-state index in [1.807, 2.05) is 0 Å². The van der Waals surface area contributed by atoms with Gasteiger partial charge >= 0.3 is 0 Å². The van der Waals surface area contributed by atoms with Gasteiger partial charge in [0.05, 0.1) is 0 Å². The van der Waals surface area contributed by atoms with Crippen LogP contribution in [0.15, 0.2) is 0 Å². The fraction of sp³-hybridized carbons (Fsp3) is 1.00. The largest absolute Gasteiger partial charge is 0.288 e. The molecule has 1 fully saturated rings. The van der Waals surface area contributed by atoms with Crippen molar-refractivity contribution in [2.45, 2.75) is 25.1 Å². The third-order valence-corrected chi connectivity index (χ3v) is 1.59. The van der Waals surface area contributed by atoms with Gasteiger partial charge in [0.25, 0.3) is 0 Å². The Hall–Kier alpha value is 0.180. The summed E-state index contributed by atoms with van der Waals surface area (Å²) in [4.78, 5) is 0. The first-order chi connectivity index (χ1) is 3.27. The number of hydrogen-bond donors (Lipinski definition) is 1. The minimum absolute atomic E-state index is 0. The Bertz CT molecular complexity index is 67.3. The minimum Gasteiger partial charge on any atom is -0.288 e. The van der Waals surface area contributed by atoms with Crippen molar-refractivity contribution in [2.75, 3.05) is 7.05 Å². The maximum absolute atomic E-state index is 12.5. The number of nitrogens with one attached hydrogen (secondary N) is 1. The smallest absolute Gasteiger partial charge is 0.161 e. The zero-order valence-electron chi connectivity index (χ0n) is 4.91. The molecule has 0 radical (unpaired) electrons. The first-order valence-electron chi connectivity index (χ1n) is 2.65. The molecule has 1 N–H and O–H groups in total. The van der Waals surface area contributed by atoms with E-state index in [4.69, 9.17) is 0 Å². The summed E-state index contributed by atoms with van der Waals surface area (Å²) in [6, 6.07) is 0. The lowest BCUT2D eigenvalue weighted by molar-refractivity contribution is 0.0341. The van der Waals surface area contributed by atoms with Crippen LogP contribution in [0.1, 0.15) is 19.3 Å². The number of halogens is 2. The predicted octanol–water partition coefficient (Wildman–Crippen LogP) is 1.48. The van der Waals surface area contributed by atoms with Crippen molar-refractivity contribution < 1.29 is 4.39 Å². The third kappa shape index (κ3) is 1.33. The minimum atomic E-state index is -0.986. The van der Waals surface area contributed by atoms with Gasteiger partial charge in [-0.15, -0.1) is 12.4 Å². The molecule has 8 heavy (non-hydrogen) atoms. The average Bonchev–Trinajstić information content (AvgIpc) is 1.61. The lowest BCUT2D eigenvalue weighted by Crippen LogP contribution is -2.44. The van der Waals surface area contributed by atoms with E-state index >= 15 is 0 Å².